The minimum absolute atomic E-state index is 0.291. The topological polar surface area (TPSA) is 71.3 Å². The van der Waals surface area contributed by atoms with Gasteiger partial charge in [-0.1, -0.05) is 25.7 Å². The molecular formula is C15H22N2O3. The molecule has 0 aromatic carbocycles. The summed E-state index contributed by atoms with van der Waals surface area (Å²) in [6.07, 6.45) is 6.63. The molecule has 0 atom stereocenters. The van der Waals surface area contributed by atoms with E-state index in [2.05, 4.69) is 5.32 Å². The highest BCUT2D eigenvalue weighted by Crippen LogP contribution is 2.28. The highest BCUT2D eigenvalue weighted by Gasteiger charge is 2.40. The SMILES string of the molecule is CCn1cccc1C(=O)NC1(C(=O)O)CCCCCC1. The van der Waals surface area contributed by atoms with Crippen molar-refractivity contribution in [2.24, 2.45) is 0 Å². The van der Waals surface area contributed by atoms with Crippen LogP contribution in [0.15, 0.2) is 18.3 Å². The number of rotatable bonds is 4. The van der Waals surface area contributed by atoms with E-state index in [4.69, 9.17) is 0 Å². The van der Waals surface area contributed by atoms with Crippen LogP contribution in [0.1, 0.15) is 55.9 Å². The van der Waals surface area contributed by atoms with E-state index >= 15 is 0 Å². The van der Waals surface area contributed by atoms with Crippen LogP contribution >= 0.6 is 0 Å². The van der Waals surface area contributed by atoms with Gasteiger partial charge in [-0.15, -0.1) is 0 Å². The lowest BCUT2D eigenvalue weighted by atomic mass is 9.90. The number of nitrogens with zero attached hydrogens (tertiary/aromatic N) is 1. The fourth-order valence-corrected chi connectivity index (χ4v) is 2.90. The van der Waals surface area contributed by atoms with Crippen LogP contribution in [-0.4, -0.2) is 27.1 Å². The average molecular weight is 278 g/mol. The van der Waals surface area contributed by atoms with Crippen molar-refractivity contribution in [3.63, 3.8) is 0 Å². The number of aromatic nitrogens is 1. The van der Waals surface area contributed by atoms with Crippen LogP contribution in [0.25, 0.3) is 0 Å². The van der Waals surface area contributed by atoms with E-state index in [9.17, 15) is 14.7 Å². The summed E-state index contributed by atoms with van der Waals surface area (Å²) in [5.74, 6) is -1.21. The Morgan fingerprint density at radius 1 is 1.30 bits per heavy atom. The molecule has 20 heavy (non-hydrogen) atoms. The fourth-order valence-electron chi connectivity index (χ4n) is 2.90. The van der Waals surface area contributed by atoms with E-state index in [-0.39, 0.29) is 5.91 Å². The van der Waals surface area contributed by atoms with Crippen molar-refractivity contribution in [3.05, 3.63) is 24.0 Å². The van der Waals surface area contributed by atoms with E-state index in [1.54, 1.807) is 12.1 Å². The van der Waals surface area contributed by atoms with Crippen LogP contribution in [0.2, 0.25) is 0 Å². The van der Waals surface area contributed by atoms with Crippen molar-refractivity contribution in [3.8, 4) is 0 Å². The first-order valence-electron chi connectivity index (χ1n) is 7.30. The highest BCUT2D eigenvalue weighted by atomic mass is 16.4. The second-order valence-corrected chi connectivity index (χ2v) is 5.44. The predicted octanol–water partition coefficient (Wildman–Crippen LogP) is 2.42. The molecule has 0 bridgehead atoms. The molecule has 1 fully saturated rings. The molecule has 1 saturated carbocycles. The molecule has 1 heterocycles. The molecule has 2 N–H and O–H groups in total. The van der Waals surface area contributed by atoms with Gasteiger partial charge >= 0.3 is 5.97 Å². The standard InChI is InChI=1S/C15H22N2O3/c1-2-17-11-7-8-12(17)13(18)16-15(14(19)20)9-5-3-4-6-10-15/h7-8,11H,2-6,9-10H2,1H3,(H,16,18)(H,19,20). The summed E-state index contributed by atoms with van der Waals surface area (Å²) in [6, 6.07) is 3.53. The number of hydrogen-bond donors (Lipinski definition) is 2. The molecule has 0 unspecified atom stereocenters. The maximum atomic E-state index is 12.4. The number of nitrogens with one attached hydrogen (secondary N) is 1. The van der Waals surface area contributed by atoms with Crippen molar-refractivity contribution in [2.45, 2.75) is 57.5 Å². The summed E-state index contributed by atoms with van der Waals surface area (Å²) in [6.45, 7) is 2.64. The first-order chi connectivity index (χ1) is 9.59. The van der Waals surface area contributed by atoms with Gasteiger partial charge in [-0.2, -0.15) is 0 Å². The Morgan fingerprint density at radius 3 is 2.50 bits per heavy atom. The summed E-state index contributed by atoms with van der Waals surface area (Å²) in [7, 11) is 0. The maximum absolute atomic E-state index is 12.4. The molecule has 0 spiro atoms. The van der Waals surface area contributed by atoms with Gasteiger partial charge in [-0.05, 0) is 31.9 Å². The zero-order valence-corrected chi connectivity index (χ0v) is 11.9. The molecule has 1 amide bonds. The van der Waals surface area contributed by atoms with Crippen LogP contribution in [0.4, 0.5) is 0 Å². The van der Waals surface area contributed by atoms with Crippen LogP contribution in [-0.2, 0) is 11.3 Å². The number of aryl methyl sites for hydroxylation is 1. The van der Waals surface area contributed by atoms with Crippen molar-refractivity contribution in [2.75, 3.05) is 0 Å². The number of carbonyl (C=O) groups excluding carboxylic acids is 1. The average Bonchev–Trinajstić information content (AvgIpc) is 2.78. The van der Waals surface area contributed by atoms with E-state index in [1.165, 1.54) is 0 Å². The summed E-state index contributed by atoms with van der Waals surface area (Å²) < 4.78 is 1.82. The Balaban J connectivity index is 2.19. The summed E-state index contributed by atoms with van der Waals surface area (Å²) >= 11 is 0. The molecule has 2 rings (SSSR count). The molecule has 110 valence electrons. The van der Waals surface area contributed by atoms with Crippen LogP contribution in [0.5, 0.6) is 0 Å². The Kier molecular flexibility index (Phi) is 4.47. The third-order valence-electron chi connectivity index (χ3n) is 4.12. The molecule has 0 aliphatic heterocycles. The maximum Gasteiger partial charge on any atom is 0.329 e. The van der Waals surface area contributed by atoms with Gasteiger partial charge in [0, 0.05) is 12.7 Å². The summed E-state index contributed by atoms with van der Waals surface area (Å²) in [5, 5.41) is 12.4. The molecule has 1 aliphatic rings. The first-order valence-corrected chi connectivity index (χ1v) is 7.30. The minimum atomic E-state index is -1.10. The van der Waals surface area contributed by atoms with Gasteiger partial charge in [0.25, 0.3) is 5.91 Å². The van der Waals surface area contributed by atoms with Crippen molar-refractivity contribution in [1.82, 2.24) is 9.88 Å². The second kappa shape index (κ2) is 6.11. The molecule has 5 heteroatoms. The van der Waals surface area contributed by atoms with Crippen LogP contribution in [0, 0.1) is 0 Å². The van der Waals surface area contributed by atoms with Gasteiger partial charge < -0.3 is 15.0 Å². The van der Waals surface area contributed by atoms with Gasteiger partial charge in [0.05, 0.1) is 0 Å². The van der Waals surface area contributed by atoms with Gasteiger partial charge in [-0.3, -0.25) is 4.79 Å². The van der Waals surface area contributed by atoms with Gasteiger partial charge in [-0.25, -0.2) is 4.79 Å². The largest absolute Gasteiger partial charge is 0.480 e. The Labute approximate surface area is 119 Å². The fraction of sp³-hybridized carbons (Fsp3) is 0.600. The molecule has 1 aromatic rings. The van der Waals surface area contributed by atoms with Gasteiger partial charge in [0.1, 0.15) is 11.2 Å². The number of aliphatic carboxylic acids is 1. The van der Waals surface area contributed by atoms with E-state index in [0.717, 1.165) is 25.7 Å². The number of carboxylic acids is 1. The lowest BCUT2D eigenvalue weighted by molar-refractivity contribution is -0.145. The smallest absolute Gasteiger partial charge is 0.329 e. The number of carbonyl (C=O) groups is 2. The zero-order chi connectivity index (χ0) is 14.6. The Bertz CT molecular complexity index is 485. The van der Waals surface area contributed by atoms with E-state index in [0.29, 0.717) is 25.1 Å². The number of carboxylic acid groups (broad SMARTS) is 1. The van der Waals surface area contributed by atoms with E-state index in [1.807, 2.05) is 17.7 Å². The molecular weight excluding hydrogens is 256 g/mol. The van der Waals surface area contributed by atoms with E-state index < -0.39 is 11.5 Å². The molecule has 0 saturated heterocycles. The predicted molar refractivity (Wildman–Crippen MR) is 75.6 cm³/mol. The quantitative estimate of drug-likeness (QED) is 0.831. The van der Waals surface area contributed by atoms with Gasteiger partial charge in [0.2, 0.25) is 0 Å². The number of hydrogen-bond acceptors (Lipinski definition) is 2. The van der Waals surface area contributed by atoms with Crippen LogP contribution in [0.3, 0.4) is 0 Å². The lowest BCUT2D eigenvalue weighted by Crippen LogP contribution is -2.54. The summed E-state index contributed by atoms with van der Waals surface area (Å²) in [5.41, 5.74) is -0.575. The zero-order valence-electron chi connectivity index (χ0n) is 11.9. The first kappa shape index (κ1) is 14.6. The normalized spacial score (nSPS) is 18.2. The number of amides is 1. The molecule has 5 nitrogen and oxygen atoms in total. The van der Waals surface area contributed by atoms with Crippen molar-refractivity contribution in [1.29, 1.82) is 0 Å². The van der Waals surface area contributed by atoms with Crippen LogP contribution < -0.4 is 5.32 Å². The lowest BCUT2D eigenvalue weighted by Gasteiger charge is -2.29. The second-order valence-electron chi connectivity index (χ2n) is 5.44. The third kappa shape index (κ3) is 2.86. The summed E-state index contributed by atoms with van der Waals surface area (Å²) in [4.78, 5) is 24.0. The van der Waals surface area contributed by atoms with Gasteiger partial charge in [0.15, 0.2) is 0 Å². The third-order valence-corrected chi connectivity index (χ3v) is 4.12. The van der Waals surface area contributed by atoms with Crippen molar-refractivity contribution < 1.29 is 14.7 Å². The minimum Gasteiger partial charge on any atom is -0.480 e. The highest BCUT2D eigenvalue weighted by molar-refractivity contribution is 5.96. The van der Waals surface area contributed by atoms with Crippen molar-refractivity contribution >= 4 is 11.9 Å². The molecule has 1 aliphatic carbocycles. The monoisotopic (exact) mass is 278 g/mol. The Morgan fingerprint density at radius 2 is 1.95 bits per heavy atom. The Hall–Kier alpha value is -1.78. The molecule has 0 radical (unpaired) electrons. The molecule has 1 aromatic heterocycles.